The van der Waals surface area contributed by atoms with Gasteiger partial charge in [0.25, 0.3) is 0 Å². The molecule has 0 spiro atoms. The molecule has 132 valence electrons. The SMILES string of the molecule is COc1ccc(CNC(=O)[C@@H]2CCCN(c3ccc(Cl)nn3)C2)cn1. The number of amides is 1. The molecule has 1 amide bonds. The molecule has 8 heteroatoms. The van der Waals surface area contributed by atoms with Crippen molar-refractivity contribution in [2.24, 2.45) is 5.92 Å². The Balaban J connectivity index is 1.55. The molecule has 0 saturated carbocycles. The van der Waals surface area contributed by atoms with Crippen molar-refractivity contribution in [3.8, 4) is 5.88 Å². The zero-order valence-electron chi connectivity index (χ0n) is 14.0. The Morgan fingerprint density at radius 3 is 2.92 bits per heavy atom. The minimum absolute atomic E-state index is 0.0439. The molecular weight excluding hydrogens is 342 g/mol. The summed E-state index contributed by atoms with van der Waals surface area (Å²) in [5, 5.41) is 11.3. The van der Waals surface area contributed by atoms with Crippen molar-refractivity contribution in [2.45, 2.75) is 19.4 Å². The standard InChI is InChI=1S/C17H20ClN5O2/c1-25-16-7-4-12(9-19-16)10-20-17(24)13-3-2-8-23(11-13)15-6-5-14(18)21-22-15/h4-7,9,13H,2-3,8,10-11H2,1H3,(H,20,24)/t13-/m1/s1. The average molecular weight is 362 g/mol. The second kappa shape index (κ2) is 8.11. The van der Waals surface area contributed by atoms with Crippen LogP contribution in [0.2, 0.25) is 5.15 Å². The highest BCUT2D eigenvalue weighted by Gasteiger charge is 2.26. The highest BCUT2D eigenvalue weighted by Crippen LogP contribution is 2.22. The number of pyridine rings is 1. The Kier molecular flexibility index (Phi) is 5.65. The molecule has 1 atom stereocenters. The summed E-state index contributed by atoms with van der Waals surface area (Å²) in [6.07, 6.45) is 3.51. The van der Waals surface area contributed by atoms with E-state index in [4.69, 9.17) is 16.3 Å². The van der Waals surface area contributed by atoms with Gasteiger partial charge in [-0.05, 0) is 30.5 Å². The summed E-state index contributed by atoms with van der Waals surface area (Å²) in [5.41, 5.74) is 0.936. The van der Waals surface area contributed by atoms with E-state index in [0.717, 1.165) is 30.8 Å². The third-order valence-electron chi connectivity index (χ3n) is 4.21. The van der Waals surface area contributed by atoms with Crippen LogP contribution in [0.5, 0.6) is 5.88 Å². The Morgan fingerprint density at radius 2 is 2.24 bits per heavy atom. The maximum atomic E-state index is 12.5. The number of anilines is 1. The molecule has 0 radical (unpaired) electrons. The molecule has 1 saturated heterocycles. The molecule has 2 aromatic heterocycles. The summed E-state index contributed by atoms with van der Waals surface area (Å²) in [5.74, 6) is 1.28. The first-order valence-corrected chi connectivity index (χ1v) is 8.54. The third-order valence-corrected chi connectivity index (χ3v) is 4.41. The number of nitrogens with one attached hydrogen (secondary N) is 1. The average Bonchev–Trinajstić information content (AvgIpc) is 2.67. The molecule has 25 heavy (non-hydrogen) atoms. The van der Waals surface area contributed by atoms with Crippen LogP contribution in [0, 0.1) is 5.92 Å². The van der Waals surface area contributed by atoms with Crippen molar-refractivity contribution in [3.63, 3.8) is 0 Å². The van der Waals surface area contributed by atoms with Gasteiger partial charge in [0.2, 0.25) is 11.8 Å². The lowest BCUT2D eigenvalue weighted by atomic mass is 9.97. The number of carbonyl (C=O) groups is 1. The van der Waals surface area contributed by atoms with Crippen LogP contribution in [0.25, 0.3) is 0 Å². The molecule has 3 heterocycles. The number of piperidine rings is 1. The third kappa shape index (κ3) is 4.57. The fourth-order valence-corrected chi connectivity index (χ4v) is 2.95. The number of ether oxygens (including phenoxy) is 1. The van der Waals surface area contributed by atoms with E-state index in [9.17, 15) is 4.79 Å². The first-order chi connectivity index (χ1) is 12.2. The molecule has 3 rings (SSSR count). The molecule has 2 aromatic rings. The number of rotatable bonds is 5. The van der Waals surface area contributed by atoms with Crippen molar-refractivity contribution in [2.75, 3.05) is 25.1 Å². The minimum Gasteiger partial charge on any atom is -0.481 e. The van der Waals surface area contributed by atoms with Crippen molar-refractivity contribution in [3.05, 3.63) is 41.2 Å². The fourth-order valence-electron chi connectivity index (χ4n) is 2.85. The van der Waals surface area contributed by atoms with Crippen molar-refractivity contribution in [1.82, 2.24) is 20.5 Å². The van der Waals surface area contributed by atoms with Gasteiger partial charge in [-0.2, -0.15) is 0 Å². The largest absolute Gasteiger partial charge is 0.481 e. The maximum absolute atomic E-state index is 12.5. The quantitative estimate of drug-likeness (QED) is 0.878. The number of halogens is 1. The Bertz CT molecular complexity index is 708. The zero-order chi connectivity index (χ0) is 17.6. The number of hydrogen-bond acceptors (Lipinski definition) is 6. The number of aromatic nitrogens is 3. The van der Waals surface area contributed by atoms with E-state index in [1.807, 2.05) is 12.1 Å². The van der Waals surface area contributed by atoms with E-state index < -0.39 is 0 Å². The number of hydrogen-bond donors (Lipinski definition) is 1. The van der Waals surface area contributed by atoms with Crippen LogP contribution in [0.4, 0.5) is 5.82 Å². The molecule has 1 aliphatic rings. The van der Waals surface area contributed by atoms with Gasteiger partial charge in [-0.15, -0.1) is 10.2 Å². The van der Waals surface area contributed by atoms with Crippen molar-refractivity contribution in [1.29, 1.82) is 0 Å². The molecule has 0 unspecified atom stereocenters. The van der Waals surface area contributed by atoms with E-state index in [-0.39, 0.29) is 11.8 Å². The Morgan fingerprint density at radius 1 is 1.36 bits per heavy atom. The molecule has 1 fully saturated rings. The second-order valence-electron chi connectivity index (χ2n) is 5.93. The topological polar surface area (TPSA) is 80.2 Å². The normalized spacial score (nSPS) is 17.2. The van der Waals surface area contributed by atoms with Gasteiger partial charge < -0.3 is 15.0 Å². The molecule has 7 nitrogen and oxygen atoms in total. The van der Waals surface area contributed by atoms with Crippen molar-refractivity contribution < 1.29 is 9.53 Å². The first kappa shape index (κ1) is 17.4. The number of carbonyl (C=O) groups excluding carboxylic acids is 1. The van der Waals surface area contributed by atoms with Gasteiger partial charge in [0.05, 0.1) is 13.0 Å². The molecule has 0 aromatic carbocycles. The van der Waals surface area contributed by atoms with Crippen LogP contribution in [0.1, 0.15) is 18.4 Å². The van der Waals surface area contributed by atoms with E-state index in [2.05, 4.69) is 25.4 Å². The maximum Gasteiger partial charge on any atom is 0.225 e. The first-order valence-electron chi connectivity index (χ1n) is 8.16. The van der Waals surface area contributed by atoms with Gasteiger partial charge in [0.15, 0.2) is 11.0 Å². The fraction of sp³-hybridized carbons (Fsp3) is 0.412. The lowest BCUT2D eigenvalue weighted by molar-refractivity contribution is -0.125. The van der Waals surface area contributed by atoms with Gasteiger partial charge in [0, 0.05) is 31.9 Å². The summed E-state index contributed by atoms with van der Waals surface area (Å²) in [6.45, 7) is 1.94. The van der Waals surface area contributed by atoms with Gasteiger partial charge in [-0.1, -0.05) is 17.7 Å². The van der Waals surface area contributed by atoms with Crippen LogP contribution in [-0.2, 0) is 11.3 Å². The second-order valence-corrected chi connectivity index (χ2v) is 6.31. The Labute approximate surface area is 151 Å². The zero-order valence-corrected chi connectivity index (χ0v) is 14.7. The summed E-state index contributed by atoms with van der Waals surface area (Å²) in [6, 6.07) is 7.22. The van der Waals surface area contributed by atoms with Crippen LogP contribution in [0.15, 0.2) is 30.5 Å². The lowest BCUT2D eigenvalue weighted by Crippen LogP contribution is -2.43. The van der Waals surface area contributed by atoms with E-state index in [0.29, 0.717) is 24.1 Å². The lowest BCUT2D eigenvalue weighted by Gasteiger charge is -2.32. The highest BCUT2D eigenvalue weighted by molar-refractivity contribution is 6.29. The summed E-state index contributed by atoms with van der Waals surface area (Å²) in [7, 11) is 1.57. The highest BCUT2D eigenvalue weighted by atomic mass is 35.5. The molecule has 1 N–H and O–H groups in total. The predicted molar refractivity (Wildman–Crippen MR) is 94.6 cm³/mol. The number of methoxy groups -OCH3 is 1. The van der Waals surface area contributed by atoms with E-state index in [1.54, 1.807) is 25.4 Å². The Hall–Kier alpha value is -2.41. The molecule has 0 bridgehead atoms. The van der Waals surface area contributed by atoms with Gasteiger partial charge in [0.1, 0.15) is 0 Å². The molecule has 0 aliphatic carbocycles. The van der Waals surface area contributed by atoms with Crippen LogP contribution < -0.4 is 15.0 Å². The molecular formula is C17H20ClN5O2. The van der Waals surface area contributed by atoms with Crippen LogP contribution in [-0.4, -0.2) is 41.3 Å². The monoisotopic (exact) mass is 361 g/mol. The van der Waals surface area contributed by atoms with Gasteiger partial charge in [-0.25, -0.2) is 4.98 Å². The van der Waals surface area contributed by atoms with Gasteiger partial charge in [-0.3, -0.25) is 4.79 Å². The molecule has 1 aliphatic heterocycles. The smallest absolute Gasteiger partial charge is 0.225 e. The minimum atomic E-state index is -0.0718. The summed E-state index contributed by atoms with van der Waals surface area (Å²) < 4.78 is 5.03. The number of nitrogens with zero attached hydrogens (tertiary/aromatic N) is 4. The van der Waals surface area contributed by atoms with Crippen LogP contribution >= 0.6 is 11.6 Å². The summed E-state index contributed by atoms with van der Waals surface area (Å²) >= 11 is 5.78. The van der Waals surface area contributed by atoms with E-state index >= 15 is 0 Å². The van der Waals surface area contributed by atoms with Crippen LogP contribution in [0.3, 0.4) is 0 Å². The van der Waals surface area contributed by atoms with Gasteiger partial charge >= 0.3 is 0 Å². The predicted octanol–water partition coefficient (Wildman–Crippen LogP) is 2.07. The van der Waals surface area contributed by atoms with Crippen molar-refractivity contribution >= 4 is 23.3 Å². The summed E-state index contributed by atoms with van der Waals surface area (Å²) in [4.78, 5) is 18.7. The van der Waals surface area contributed by atoms with E-state index in [1.165, 1.54) is 0 Å².